The van der Waals surface area contributed by atoms with Gasteiger partial charge in [0.1, 0.15) is 29.4 Å². The first kappa shape index (κ1) is 23.9. The Labute approximate surface area is 193 Å². The van der Waals surface area contributed by atoms with Crippen molar-refractivity contribution in [2.45, 2.75) is 40.7 Å². The predicted molar refractivity (Wildman–Crippen MR) is 126 cm³/mol. The molecule has 0 radical (unpaired) electrons. The number of aromatic hydroxyl groups is 2. The van der Waals surface area contributed by atoms with Crippen LogP contribution in [0.1, 0.15) is 59.0 Å². The molecule has 33 heavy (non-hydrogen) atoms. The van der Waals surface area contributed by atoms with Crippen molar-refractivity contribution in [2.75, 3.05) is 0 Å². The van der Waals surface area contributed by atoms with Crippen LogP contribution in [0.4, 0.5) is 0 Å². The Kier molecular flexibility index (Phi) is 6.77. The largest absolute Gasteiger partial charge is 0.507 e. The summed E-state index contributed by atoms with van der Waals surface area (Å²) in [7, 11) is 0. The van der Waals surface area contributed by atoms with Crippen molar-refractivity contribution in [2.24, 2.45) is 5.41 Å². The van der Waals surface area contributed by atoms with Gasteiger partial charge in [0.05, 0.1) is 5.56 Å². The van der Waals surface area contributed by atoms with Crippen molar-refractivity contribution in [3.05, 3.63) is 76.9 Å². The molecule has 0 saturated carbocycles. The smallest absolute Gasteiger partial charge is 0.339 e. The van der Waals surface area contributed by atoms with Gasteiger partial charge in [-0.2, -0.15) is 0 Å². The first-order chi connectivity index (χ1) is 15.5. The second kappa shape index (κ2) is 9.36. The molecule has 0 aliphatic heterocycles. The molecule has 0 saturated heterocycles. The summed E-state index contributed by atoms with van der Waals surface area (Å²) in [5.41, 5.74) is 2.78. The number of benzene rings is 3. The SMILES string of the molecule is Cc1c(OCc2cccc(-c3ccc(C(=O)O)c(O)c3)c2)ccc(C(=O)CC(C)(C)C)c1O. The normalized spacial score (nSPS) is 11.3. The molecule has 0 unspecified atom stereocenters. The van der Waals surface area contributed by atoms with E-state index < -0.39 is 5.97 Å². The summed E-state index contributed by atoms with van der Waals surface area (Å²) < 4.78 is 5.91. The van der Waals surface area contributed by atoms with Gasteiger partial charge in [-0.3, -0.25) is 4.79 Å². The van der Waals surface area contributed by atoms with Gasteiger partial charge in [-0.05, 0) is 59.4 Å². The van der Waals surface area contributed by atoms with Gasteiger partial charge in [-0.25, -0.2) is 4.79 Å². The van der Waals surface area contributed by atoms with E-state index in [1.807, 2.05) is 45.0 Å². The molecule has 6 heteroatoms. The number of carboxylic acids is 1. The van der Waals surface area contributed by atoms with Crippen molar-refractivity contribution in [3.63, 3.8) is 0 Å². The lowest BCUT2D eigenvalue weighted by Crippen LogP contribution is -2.13. The number of ketones is 1. The lowest BCUT2D eigenvalue weighted by atomic mass is 9.87. The standard InChI is InChI=1S/C27H28O6/c1-16-24(11-10-20(25(16)30)23(29)14-27(2,3)4)33-15-17-6-5-7-18(12-17)19-8-9-21(26(31)32)22(28)13-19/h5-13,28,30H,14-15H2,1-4H3,(H,31,32). The lowest BCUT2D eigenvalue weighted by Gasteiger charge is -2.18. The molecule has 0 bridgehead atoms. The number of carbonyl (C=O) groups excluding carboxylic acids is 1. The zero-order valence-corrected chi connectivity index (χ0v) is 19.2. The molecule has 0 aliphatic carbocycles. The molecule has 172 valence electrons. The molecular formula is C27H28O6. The molecule has 3 aromatic carbocycles. The minimum Gasteiger partial charge on any atom is -0.507 e. The topological polar surface area (TPSA) is 104 Å². The Bertz CT molecular complexity index is 1200. The maximum atomic E-state index is 12.5. The summed E-state index contributed by atoms with van der Waals surface area (Å²) >= 11 is 0. The average Bonchev–Trinajstić information content (AvgIpc) is 2.73. The van der Waals surface area contributed by atoms with Gasteiger partial charge in [0.25, 0.3) is 0 Å². The molecule has 6 nitrogen and oxygen atoms in total. The van der Waals surface area contributed by atoms with Crippen LogP contribution >= 0.6 is 0 Å². The van der Waals surface area contributed by atoms with Gasteiger partial charge >= 0.3 is 5.97 Å². The number of Topliss-reactive ketones (excluding diaryl/α,β-unsaturated/α-hetero) is 1. The summed E-state index contributed by atoms with van der Waals surface area (Å²) in [6.07, 6.45) is 0.329. The highest BCUT2D eigenvalue weighted by Crippen LogP contribution is 2.34. The van der Waals surface area contributed by atoms with E-state index in [2.05, 4.69) is 0 Å². The summed E-state index contributed by atoms with van der Waals surface area (Å²) in [4.78, 5) is 23.6. The van der Waals surface area contributed by atoms with E-state index in [0.717, 1.165) is 11.1 Å². The Morgan fingerprint density at radius 1 is 0.909 bits per heavy atom. The maximum absolute atomic E-state index is 12.5. The van der Waals surface area contributed by atoms with Crippen molar-refractivity contribution in [1.82, 2.24) is 0 Å². The number of ether oxygens (including phenoxy) is 1. The van der Waals surface area contributed by atoms with Crippen molar-refractivity contribution >= 4 is 11.8 Å². The zero-order chi connectivity index (χ0) is 24.3. The van der Waals surface area contributed by atoms with Gasteiger partial charge in [0.15, 0.2) is 5.78 Å². The predicted octanol–water partition coefficient (Wildman–Crippen LogP) is 5.97. The number of carbonyl (C=O) groups is 2. The molecule has 0 aliphatic rings. The number of carboxylic acid groups (broad SMARTS) is 1. The maximum Gasteiger partial charge on any atom is 0.339 e. The Morgan fingerprint density at radius 3 is 2.21 bits per heavy atom. The molecule has 3 N–H and O–H groups in total. The van der Waals surface area contributed by atoms with Crippen molar-refractivity contribution < 1.29 is 29.6 Å². The zero-order valence-electron chi connectivity index (χ0n) is 19.2. The Balaban J connectivity index is 1.77. The summed E-state index contributed by atoms with van der Waals surface area (Å²) in [5.74, 6) is -1.18. The molecule has 3 rings (SSSR count). The summed E-state index contributed by atoms with van der Waals surface area (Å²) in [5, 5.41) is 29.6. The van der Waals surface area contributed by atoms with Crippen LogP contribution in [0.3, 0.4) is 0 Å². The molecule has 0 heterocycles. The van der Waals surface area contributed by atoms with Gasteiger partial charge in [-0.15, -0.1) is 0 Å². The number of aromatic carboxylic acids is 1. The number of phenols is 2. The van der Waals surface area contributed by atoms with E-state index in [1.165, 1.54) is 12.1 Å². The Hall–Kier alpha value is -3.80. The second-order valence-electron chi connectivity index (χ2n) is 9.27. The summed E-state index contributed by atoms with van der Waals surface area (Å²) in [6.45, 7) is 7.86. The highest BCUT2D eigenvalue weighted by Gasteiger charge is 2.21. The van der Waals surface area contributed by atoms with Crippen LogP contribution in [0.2, 0.25) is 0 Å². The fourth-order valence-electron chi connectivity index (χ4n) is 3.53. The first-order valence-corrected chi connectivity index (χ1v) is 10.6. The van der Waals surface area contributed by atoms with Crippen LogP contribution in [0.15, 0.2) is 54.6 Å². The van der Waals surface area contributed by atoms with E-state index in [4.69, 9.17) is 9.84 Å². The molecule has 0 amide bonds. The highest BCUT2D eigenvalue weighted by molar-refractivity contribution is 5.99. The average molecular weight is 449 g/mol. The third kappa shape index (κ3) is 5.71. The molecule has 0 spiro atoms. The monoisotopic (exact) mass is 448 g/mol. The third-order valence-electron chi connectivity index (χ3n) is 5.26. The van der Waals surface area contributed by atoms with Crippen molar-refractivity contribution in [1.29, 1.82) is 0 Å². The molecule has 0 aromatic heterocycles. The van der Waals surface area contributed by atoms with Crippen LogP contribution in [0.5, 0.6) is 17.2 Å². The van der Waals surface area contributed by atoms with E-state index in [9.17, 15) is 19.8 Å². The van der Waals surface area contributed by atoms with Crippen LogP contribution in [0.25, 0.3) is 11.1 Å². The van der Waals surface area contributed by atoms with Crippen LogP contribution in [-0.2, 0) is 6.61 Å². The van der Waals surface area contributed by atoms with E-state index in [-0.39, 0.29) is 34.9 Å². The van der Waals surface area contributed by atoms with Gasteiger partial charge in [0.2, 0.25) is 0 Å². The minimum atomic E-state index is -1.19. The molecule has 3 aromatic rings. The number of hydrogen-bond donors (Lipinski definition) is 3. The van der Waals surface area contributed by atoms with Crippen LogP contribution in [-0.4, -0.2) is 27.1 Å². The highest BCUT2D eigenvalue weighted by atomic mass is 16.5. The first-order valence-electron chi connectivity index (χ1n) is 10.6. The fourth-order valence-corrected chi connectivity index (χ4v) is 3.53. The van der Waals surface area contributed by atoms with Crippen molar-refractivity contribution in [3.8, 4) is 28.4 Å². The minimum absolute atomic E-state index is 0.0653. The van der Waals surface area contributed by atoms with Crippen LogP contribution in [0, 0.1) is 12.3 Å². The van der Waals surface area contributed by atoms with Gasteiger partial charge in [0, 0.05) is 12.0 Å². The third-order valence-corrected chi connectivity index (χ3v) is 5.26. The van der Waals surface area contributed by atoms with Gasteiger partial charge < -0.3 is 20.1 Å². The molecular weight excluding hydrogens is 420 g/mol. The summed E-state index contributed by atoms with van der Waals surface area (Å²) in [6, 6.07) is 15.2. The molecule has 0 atom stereocenters. The van der Waals surface area contributed by atoms with Gasteiger partial charge in [-0.1, -0.05) is 45.0 Å². The van der Waals surface area contributed by atoms with E-state index >= 15 is 0 Å². The fraction of sp³-hybridized carbons (Fsp3) is 0.259. The number of phenolic OH excluding ortho intramolecular Hbond substituents is 1. The second-order valence-corrected chi connectivity index (χ2v) is 9.27. The van der Waals surface area contributed by atoms with Crippen LogP contribution < -0.4 is 4.74 Å². The Morgan fingerprint density at radius 2 is 1.58 bits per heavy atom. The number of hydrogen-bond acceptors (Lipinski definition) is 5. The lowest BCUT2D eigenvalue weighted by molar-refractivity contribution is 0.0693. The van der Waals surface area contributed by atoms with E-state index in [0.29, 0.717) is 28.9 Å². The molecule has 0 fully saturated rings. The number of rotatable bonds is 7. The quantitative estimate of drug-likeness (QED) is 0.385. The van der Waals surface area contributed by atoms with E-state index in [1.54, 1.807) is 25.1 Å².